The summed E-state index contributed by atoms with van der Waals surface area (Å²) in [5.41, 5.74) is -0.582. The number of nitrogens with one attached hydrogen (secondary N) is 1. The molecule has 1 heterocycles. The highest BCUT2D eigenvalue weighted by molar-refractivity contribution is 9.18. The molecule has 0 aliphatic carbocycles. The van der Waals surface area contributed by atoms with Gasteiger partial charge >= 0.3 is 6.09 Å². The molecular weight excluding hydrogens is 304 g/mol. The van der Waals surface area contributed by atoms with Crippen molar-refractivity contribution in [1.82, 2.24) is 10.2 Å². The number of ether oxygens (including phenoxy) is 1. The molecule has 0 bridgehead atoms. The predicted molar refractivity (Wildman–Crippen MR) is 68.7 cm³/mol. The van der Waals surface area contributed by atoms with Crippen LogP contribution in [-0.2, 0) is 9.53 Å². The van der Waals surface area contributed by atoms with Gasteiger partial charge in [-0.05, 0) is 27.2 Å². The van der Waals surface area contributed by atoms with Crippen LogP contribution >= 0.6 is 15.9 Å². The van der Waals surface area contributed by atoms with Crippen LogP contribution in [0, 0.1) is 0 Å². The van der Waals surface area contributed by atoms with Crippen molar-refractivity contribution >= 4 is 32.6 Å². The smallest absolute Gasteiger partial charge is 0.410 e. The highest BCUT2D eigenvalue weighted by Crippen LogP contribution is 2.14. The van der Waals surface area contributed by atoms with E-state index in [1.165, 1.54) is 4.90 Å². The van der Waals surface area contributed by atoms with Gasteiger partial charge in [0.1, 0.15) is 5.60 Å². The summed E-state index contributed by atoms with van der Waals surface area (Å²) >= 11 is 2.71. The van der Waals surface area contributed by atoms with E-state index in [1.54, 1.807) is 20.8 Å². The van der Waals surface area contributed by atoms with Crippen molar-refractivity contribution in [3.8, 4) is 0 Å². The highest BCUT2D eigenvalue weighted by atomic mass is 79.9. The molecule has 1 fully saturated rings. The highest BCUT2D eigenvalue weighted by Gasteiger charge is 2.32. The zero-order valence-electron chi connectivity index (χ0n) is 10.7. The van der Waals surface area contributed by atoms with Gasteiger partial charge in [0.15, 0.2) is 5.78 Å². The summed E-state index contributed by atoms with van der Waals surface area (Å²) in [6.07, 6.45) is -0.102. The first-order chi connectivity index (χ1) is 8.19. The summed E-state index contributed by atoms with van der Waals surface area (Å²) < 4.78 is 5.18. The molecule has 0 aromatic rings. The summed E-state index contributed by atoms with van der Waals surface area (Å²) in [5, 5.41) is 2.49. The average Bonchev–Trinajstić information content (AvgIpc) is 2.17. The fraction of sp³-hybridized carbons (Fsp3) is 0.727. The van der Waals surface area contributed by atoms with Crippen molar-refractivity contribution < 1.29 is 19.1 Å². The second-order valence-electron chi connectivity index (χ2n) is 5.13. The minimum atomic E-state index is -0.582. The summed E-state index contributed by atoms with van der Waals surface area (Å²) in [5.74, 6) is -0.195. The maximum absolute atomic E-state index is 11.7. The third-order valence-corrected chi connectivity index (χ3v) is 2.59. The number of Topliss-reactive ketones (excluding diaryl/α,β-unsaturated/α-hetero) is 1. The van der Waals surface area contributed by atoms with Crippen molar-refractivity contribution in [3.63, 3.8) is 0 Å². The van der Waals surface area contributed by atoms with Crippen molar-refractivity contribution in [2.75, 3.05) is 13.1 Å². The van der Waals surface area contributed by atoms with Gasteiger partial charge in [0, 0.05) is 22.5 Å². The van der Waals surface area contributed by atoms with Crippen molar-refractivity contribution in [2.24, 2.45) is 0 Å². The minimum absolute atomic E-state index is 0.0349. The molecule has 1 saturated heterocycles. The van der Waals surface area contributed by atoms with E-state index in [9.17, 15) is 14.4 Å². The zero-order chi connectivity index (χ0) is 13.9. The van der Waals surface area contributed by atoms with Crippen molar-refractivity contribution in [1.29, 1.82) is 0 Å². The van der Waals surface area contributed by atoms with Gasteiger partial charge in [-0.1, -0.05) is 0 Å². The number of ketones is 1. The topological polar surface area (TPSA) is 75.7 Å². The number of hydrogen-bond donors (Lipinski definition) is 1. The molecule has 0 saturated carbocycles. The van der Waals surface area contributed by atoms with E-state index in [-0.39, 0.29) is 12.3 Å². The van der Waals surface area contributed by atoms with Crippen molar-refractivity contribution in [2.45, 2.75) is 38.8 Å². The third kappa shape index (κ3) is 4.64. The van der Waals surface area contributed by atoms with E-state index in [1.807, 2.05) is 0 Å². The monoisotopic (exact) mass is 320 g/mol. The lowest BCUT2D eigenvalue weighted by molar-refractivity contribution is -0.124. The molecule has 6 nitrogen and oxygen atoms in total. The third-order valence-electron chi connectivity index (χ3n) is 2.36. The maximum atomic E-state index is 11.7. The van der Waals surface area contributed by atoms with Crippen LogP contribution in [0.25, 0.3) is 0 Å². The molecule has 1 rings (SSSR count). The van der Waals surface area contributed by atoms with Crippen LogP contribution in [0.2, 0.25) is 0 Å². The fourth-order valence-corrected chi connectivity index (χ4v) is 1.87. The van der Waals surface area contributed by atoms with Crippen LogP contribution < -0.4 is 5.32 Å². The van der Waals surface area contributed by atoms with Crippen molar-refractivity contribution in [3.05, 3.63) is 0 Å². The molecule has 1 aliphatic heterocycles. The van der Waals surface area contributed by atoms with Gasteiger partial charge in [0.05, 0.1) is 12.6 Å². The Kier molecular flexibility index (Phi) is 4.72. The van der Waals surface area contributed by atoms with Gasteiger partial charge in [-0.3, -0.25) is 9.59 Å². The molecule has 1 atom stereocenters. The van der Waals surface area contributed by atoms with E-state index < -0.39 is 22.6 Å². The van der Waals surface area contributed by atoms with Gasteiger partial charge < -0.3 is 15.0 Å². The number of likely N-dealkylation sites (tertiary alicyclic amines) is 1. The molecule has 2 amide bonds. The van der Waals surface area contributed by atoms with E-state index in [0.717, 1.165) is 0 Å². The molecule has 0 spiro atoms. The van der Waals surface area contributed by atoms with Crippen LogP contribution in [0.4, 0.5) is 9.59 Å². The molecule has 1 unspecified atom stereocenters. The van der Waals surface area contributed by atoms with E-state index in [2.05, 4.69) is 21.2 Å². The largest absolute Gasteiger partial charge is 0.444 e. The molecule has 18 heavy (non-hydrogen) atoms. The number of nitrogens with zero attached hydrogens (tertiary/aromatic N) is 1. The first-order valence-corrected chi connectivity index (χ1v) is 6.45. The van der Waals surface area contributed by atoms with E-state index >= 15 is 0 Å². The van der Waals surface area contributed by atoms with Gasteiger partial charge in [0.2, 0.25) is 0 Å². The van der Waals surface area contributed by atoms with Gasteiger partial charge in [-0.2, -0.15) is 0 Å². The Labute approximate surface area is 114 Å². The second-order valence-corrected chi connectivity index (χ2v) is 5.85. The van der Waals surface area contributed by atoms with Crippen LogP contribution in [-0.4, -0.2) is 46.3 Å². The van der Waals surface area contributed by atoms with E-state index in [4.69, 9.17) is 4.74 Å². The molecular formula is C11H17BrN2O4. The number of amides is 2. The number of carbonyl (C=O) groups excluding carboxylic acids is 3. The molecule has 0 aromatic carbocycles. The Morgan fingerprint density at radius 3 is 2.50 bits per heavy atom. The average molecular weight is 321 g/mol. The number of halogens is 1. The number of piperidine rings is 1. The van der Waals surface area contributed by atoms with Gasteiger partial charge in [-0.25, -0.2) is 4.79 Å². The molecule has 0 aromatic heterocycles. The minimum Gasteiger partial charge on any atom is -0.444 e. The van der Waals surface area contributed by atoms with E-state index in [0.29, 0.717) is 13.0 Å². The standard InChI is InChI=1S/C11H17BrN2O4/c1-11(2,3)18-10(17)14-5-4-7(8(15)6-14)13-9(12)16/h7H,4-6H2,1-3H3,(H,13,16). The second kappa shape index (κ2) is 5.69. The molecule has 102 valence electrons. The van der Waals surface area contributed by atoms with Gasteiger partial charge in [-0.15, -0.1) is 0 Å². The summed E-state index contributed by atoms with van der Waals surface area (Å²) in [6.45, 7) is 5.66. The molecule has 0 radical (unpaired) electrons. The Morgan fingerprint density at radius 1 is 1.44 bits per heavy atom. The Bertz CT molecular complexity index is 365. The lowest BCUT2D eigenvalue weighted by atomic mass is 10.0. The zero-order valence-corrected chi connectivity index (χ0v) is 12.2. The first kappa shape index (κ1) is 14.9. The van der Waals surface area contributed by atoms with Gasteiger partial charge in [0.25, 0.3) is 4.82 Å². The summed E-state index contributed by atoms with van der Waals surface area (Å²) in [7, 11) is 0. The predicted octanol–water partition coefficient (Wildman–Crippen LogP) is 1.67. The lowest BCUT2D eigenvalue weighted by Gasteiger charge is -2.32. The number of carbonyl (C=O) groups is 3. The quantitative estimate of drug-likeness (QED) is 0.589. The van der Waals surface area contributed by atoms with Crippen LogP contribution in [0.1, 0.15) is 27.2 Å². The lowest BCUT2D eigenvalue weighted by Crippen LogP contribution is -2.52. The molecule has 7 heteroatoms. The number of rotatable bonds is 1. The van der Waals surface area contributed by atoms with Crippen LogP contribution in [0.5, 0.6) is 0 Å². The van der Waals surface area contributed by atoms with Crippen LogP contribution in [0.15, 0.2) is 0 Å². The number of hydrogen-bond acceptors (Lipinski definition) is 4. The Hall–Kier alpha value is -1.11. The summed E-state index contributed by atoms with van der Waals surface area (Å²) in [6, 6.07) is -0.532. The van der Waals surface area contributed by atoms with Crippen LogP contribution in [0.3, 0.4) is 0 Å². The Morgan fingerprint density at radius 2 is 2.06 bits per heavy atom. The molecule has 1 aliphatic rings. The normalized spacial score (nSPS) is 20.6. The summed E-state index contributed by atoms with van der Waals surface area (Å²) in [4.78, 5) is 35.2. The molecule has 1 N–H and O–H groups in total. The Balaban J connectivity index is 2.53. The SMILES string of the molecule is CC(C)(C)OC(=O)N1CCC(NC(=O)Br)C(=O)C1. The first-order valence-electron chi connectivity index (χ1n) is 5.65. The fourth-order valence-electron chi connectivity index (χ4n) is 1.60. The maximum Gasteiger partial charge on any atom is 0.410 e.